The summed E-state index contributed by atoms with van der Waals surface area (Å²) in [5.41, 5.74) is 0.452. The molecule has 17 heavy (non-hydrogen) atoms. The Balaban J connectivity index is 2.25. The van der Waals surface area contributed by atoms with Crippen molar-refractivity contribution in [2.24, 2.45) is 0 Å². The van der Waals surface area contributed by atoms with Crippen molar-refractivity contribution in [3.8, 4) is 0 Å². The number of carboxylic acid groups (broad SMARTS) is 1. The normalized spacial score (nSPS) is 9.88. The zero-order valence-electron chi connectivity index (χ0n) is 8.58. The smallest absolute Gasteiger partial charge is 0.339 e. The summed E-state index contributed by atoms with van der Waals surface area (Å²) >= 11 is 1.39. The first-order chi connectivity index (χ1) is 8.18. The SMILES string of the molecule is O=C(Nc1ncccc1C(=O)O)c1ccsc1. The van der Waals surface area contributed by atoms with Gasteiger partial charge in [-0.3, -0.25) is 4.79 Å². The lowest BCUT2D eigenvalue weighted by atomic mass is 10.2. The number of anilines is 1. The number of aromatic carboxylic acids is 1. The minimum atomic E-state index is -1.13. The van der Waals surface area contributed by atoms with Crippen LogP contribution in [0.2, 0.25) is 0 Å². The van der Waals surface area contributed by atoms with Crippen LogP contribution >= 0.6 is 11.3 Å². The molecule has 0 saturated carbocycles. The van der Waals surface area contributed by atoms with Crippen LogP contribution in [0.1, 0.15) is 20.7 Å². The van der Waals surface area contributed by atoms with Gasteiger partial charge in [-0.1, -0.05) is 0 Å². The summed E-state index contributed by atoms with van der Waals surface area (Å²) < 4.78 is 0. The van der Waals surface area contributed by atoms with Gasteiger partial charge < -0.3 is 10.4 Å². The van der Waals surface area contributed by atoms with Crippen LogP contribution in [0.15, 0.2) is 35.2 Å². The molecule has 5 nitrogen and oxygen atoms in total. The van der Waals surface area contributed by atoms with Gasteiger partial charge in [0.1, 0.15) is 11.4 Å². The Morgan fingerprint density at radius 2 is 2.18 bits per heavy atom. The number of amides is 1. The molecule has 6 heteroatoms. The molecule has 0 unspecified atom stereocenters. The van der Waals surface area contributed by atoms with Gasteiger partial charge in [-0.25, -0.2) is 9.78 Å². The van der Waals surface area contributed by atoms with Crippen molar-refractivity contribution in [3.63, 3.8) is 0 Å². The van der Waals surface area contributed by atoms with Crippen LogP contribution < -0.4 is 5.32 Å². The molecule has 0 aliphatic rings. The summed E-state index contributed by atoms with van der Waals surface area (Å²) in [5.74, 6) is -1.44. The summed E-state index contributed by atoms with van der Waals surface area (Å²) in [6.45, 7) is 0. The van der Waals surface area contributed by atoms with Crippen molar-refractivity contribution < 1.29 is 14.7 Å². The largest absolute Gasteiger partial charge is 0.478 e. The molecule has 2 aromatic rings. The molecule has 0 aliphatic carbocycles. The second kappa shape index (κ2) is 4.75. The van der Waals surface area contributed by atoms with Gasteiger partial charge in [0, 0.05) is 11.6 Å². The molecule has 0 aliphatic heterocycles. The number of carboxylic acids is 1. The molecule has 0 aromatic carbocycles. The van der Waals surface area contributed by atoms with E-state index in [1.54, 1.807) is 16.8 Å². The Labute approximate surface area is 101 Å². The molecule has 1 amide bonds. The second-order valence-electron chi connectivity index (χ2n) is 3.17. The topological polar surface area (TPSA) is 79.3 Å². The molecule has 0 spiro atoms. The predicted octanol–water partition coefficient (Wildman–Crippen LogP) is 2.09. The zero-order valence-corrected chi connectivity index (χ0v) is 9.40. The van der Waals surface area contributed by atoms with Crippen LogP contribution in [0.3, 0.4) is 0 Å². The number of hydrogen-bond donors (Lipinski definition) is 2. The van der Waals surface area contributed by atoms with E-state index in [4.69, 9.17) is 5.11 Å². The van der Waals surface area contributed by atoms with Crippen molar-refractivity contribution in [1.82, 2.24) is 4.98 Å². The summed E-state index contributed by atoms with van der Waals surface area (Å²) in [5, 5.41) is 14.8. The molecule has 0 bridgehead atoms. The van der Waals surface area contributed by atoms with Gasteiger partial charge >= 0.3 is 5.97 Å². The van der Waals surface area contributed by atoms with Crippen LogP contribution in [0.25, 0.3) is 0 Å². The number of nitrogens with one attached hydrogen (secondary N) is 1. The highest BCUT2D eigenvalue weighted by Crippen LogP contribution is 2.14. The number of thiophene rings is 1. The van der Waals surface area contributed by atoms with Crippen molar-refractivity contribution in [2.75, 3.05) is 5.32 Å². The Morgan fingerprint density at radius 3 is 2.82 bits per heavy atom. The van der Waals surface area contributed by atoms with Crippen LogP contribution in [0.4, 0.5) is 5.82 Å². The maximum Gasteiger partial charge on any atom is 0.339 e. The van der Waals surface area contributed by atoms with Gasteiger partial charge in [0.05, 0.1) is 5.56 Å². The molecular formula is C11H8N2O3S. The Bertz CT molecular complexity index is 552. The highest BCUT2D eigenvalue weighted by molar-refractivity contribution is 7.08. The predicted molar refractivity (Wildman–Crippen MR) is 63.5 cm³/mol. The number of carbonyl (C=O) groups is 2. The fourth-order valence-corrected chi connectivity index (χ4v) is 1.89. The molecule has 2 aromatic heterocycles. The first kappa shape index (κ1) is 11.3. The highest BCUT2D eigenvalue weighted by Gasteiger charge is 2.14. The fourth-order valence-electron chi connectivity index (χ4n) is 1.25. The minimum Gasteiger partial charge on any atom is -0.478 e. The van der Waals surface area contributed by atoms with Gasteiger partial charge in [-0.05, 0) is 23.6 Å². The van der Waals surface area contributed by atoms with Crippen molar-refractivity contribution in [1.29, 1.82) is 0 Å². The zero-order chi connectivity index (χ0) is 12.3. The van der Waals surface area contributed by atoms with Gasteiger partial charge in [-0.15, -0.1) is 0 Å². The molecule has 86 valence electrons. The van der Waals surface area contributed by atoms with E-state index in [2.05, 4.69) is 10.3 Å². The maximum atomic E-state index is 11.7. The molecule has 0 radical (unpaired) electrons. The third kappa shape index (κ3) is 2.48. The molecule has 2 rings (SSSR count). The van der Waals surface area contributed by atoms with E-state index in [9.17, 15) is 9.59 Å². The summed E-state index contributed by atoms with van der Waals surface area (Å²) in [6.07, 6.45) is 1.43. The van der Waals surface area contributed by atoms with E-state index in [0.29, 0.717) is 5.56 Å². The molecule has 0 fully saturated rings. The number of rotatable bonds is 3. The second-order valence-corrected chi connectivity index (χ2v) is 3.95. The molecule has 0 atom stereocenters. The third-order valence-corrected chi connectivity index (χ3v) is 2.74. The van der Waals surface area contributed by atoms with Gasteiger partial charge in [0.25, 0.3) is 5.91 Å². The average Bonchev–Trinajstić information content (AvgIpc) is 2.83. The first-order valence-corrected chi connectivity index (χ1v) is 5.64. The van der Waals surface area contributed by atoms with E-state index >= 15 is 0 Å². The molecular weight excluding hydrogens is 240 g/mol. The van der Waals surface area contributed by atoms with Crippen LogP contribution in [0, 0.1) is 0 Å². The summed E-state index contributed by atoms with van der Waals surface area (Å²) in [6, 6.07) is 4.55. The number of nitrogens with zero attached hydrogens (tertiary/aromatic N) is 1. The Morgan fingerprint density at radius 1 is 1.35 bits per heavy atom. The van der Waals surface area contributed by atoms with E-state index < -0.39 is 5.97 Å². The lowest BCUT2D eigenvalue weighted by Crippen LogP contribution is -2.15. The van der Waals surface area contributed by atoms with Crippen molar-refractivity contribution in [3.05, 3.63) is 46.3 Å². The average molecular weight is 248 g/mol. The molecule has 2 heterocycles. The monoisotopic (exact) mass is 248 g/mol. The van der Waals surface area contributed by atoms with Crippen LogP contribution in [-0.2, 0) is 0 Å². The van der Waals surface area contributed by atoms with Crippen LogP contribution in [0.5, 0.6) is 0 Å². The molecule has 0 saturated heterocycles. The van der Waals surface area contributed by atoms with Crippen LogP contribution in [-0.4, -0.2) is 22.0 Å². The molecule has 2 N–H and O–H groups in total. The maximum absolute atomic E-state index is 11.7. The van der Waals surface area contributed by atoms with Gasteiger partial charge in [-0.2, -0.15) is 11.3 Å². The minimum absolute atomic E-state index is 0.0314. The van der Waals surface area contributed by atoms with E-state index in [1.807, 2.05) is 0 Å². The third-order valence-electron chi connectivity index (χ3n) is 2.05. The quantitative estimate of drug-likeness (QED) is 0.871. The number of aromatic nitrogens is 1. The Kier molecular flexibility index (Phi) is 3.15. The van der Waals surface area contributed by atoms with Gasteiger partial charge in [0.15, 0.2) is 0 Å². The summed E-state index contributed by atoms with van der Waals surface area (Å²) in [4.78, 5) is 26.5. The number of carbonyl (C=O) groups excluding carboxylic acids is 1. The number of pyridine rings is 1. The lowest BCUT2D eigenvalue weighted by molar-refractivity contribution is 0.0697. The van der Waals surface area contributed by atoms with Gasteiger partial charge in [0.2, 0.25) is 0 Å². The van der Waals surface area contributed by atoms with E-state index in [0.717, 1.165) is 0 Å². The van der Waals surface area contributed by atoms with Crippen molar-refractivity contribution in [2.45, 2.75) is 0 Å². The van der Waals surface area contributed by atoms with E-state index in [-0.39, 0.29) is 17.3 Å². The number of hydrogen-bond acceptors (Lipinski definition) is 4. The Hall–Kier alpha value is -2.21. The van der Waals surface area contributed by atoms with E-state index in [1.165, 1.54) is 29.7 Å². The van der Waals surface area contributed by atoms with Crippen molar-refractivity contribution >= 4 is 29.0 Å². The lowest BCUT2D eigenvalue weighted by Gasteiger charge is -2.05. The fraction of sp³-hybridized carbons (Fsp3) is 0. The highest BCUT2D eigenvalue weighted by atomic mass is 32.1. The first-order valence-electron chi connectivity index (χ1n) is 4.70. The standard InChI is InChI=1S/C11H8N2O3S/c14-10(7-3-5-17-6-7)13-9-8(11(15)16)2-1-4-12-9/h1-6H,(H,15,16)(H,12,13,14). The summed E-state index contributed by atoms with van der Waals surface area (Å²) in [7, 11) is 0.